The molecule has 2 aromatic carbocycles. The third kappa shape index (κ3) is 5.17. The molecule has 0 radical (unpaired) electrons. The molecule has 4 rings (SSSR count). The van der Waals surface area contributed by atoms with Crippen molar-refractivity contribution in [1.82, 2.24) is 15.2 Å². The highest BCUT2D eigenvalue weighted by atomic mass is 32.1. The zero-order chi connectivity index (χ0) is 20.8. The summed E-state index contributed by atoms with van der Waals surface area (Å²) >= 11 is 1.53. The van der Waals surface area contributed by atoms with Crippen molar-refractivity contribution in [2.24, 2.45) is 0 Å². The standard InChI is InChI=1S/C23H25N3O3S/c1-28-22-11-18(7-8-21(22)29-14-20-15-30-16-24-20)23(27)25-19-9-10-26(13-19)12-17-5-3-2-4-6-17/h2-8,11,15-16,19H,9-10,12-14H2,1H3,(H,25,27). The molecule has 1 aliphatic heterocycles. The van der Waals surface area contributed by atoms with E-state index >= 15 is 0 Å². The van der Waals surface area contributed by atoms with E-state index < -0.39 is 0 Å². The van der Waals surface area contributed by atoms with Gasteiger partial charge in [-0.25, -0.2) is 4.98 Å². The van der Waals surface area contributed by atoms with E-state index in [4.69, 9.17) is 9.47 Å². The van der Waals surface area contributed by atoms with Gasteiger partial charge in [0, 0.05) is 36.6 Å². The zero-order valence-electron chi connectivity index (χ0n) is 16.9. The smallest absolute Gasteiger partial charge is 0.251 e. The molecule has 1 amide bonds. The van der Waals surface area contributed by atoms with Crippen LogP contribution < -0.4 is 14.8 Å². The van der Waals surface area contributed by atoms with Crippen molar-refractivity contribution in [1.29, 1.82) is 0 Å². The van der Waals surface area contributed by atoms with Crippen molar-refractivity contribution >= 4 is 17.2 Å². The molecule has 1 saturated heterocycles. The molecule has 1 atom stereocenters. The number of nitrogens with one attached hydrogen (secondary N) is 1. The number of rotatable bonds is 8. The summed E-state index contributed by atoms with van der Waals surface area (Å²) in [7, 11) is 1.57. The first-order chi connectivity index (χ1) is 14.7. The first kappa shape index (κ1) is 20.4. The van der Waals surface area contributed by atoms with Gasteiger partial charge in [-0.15, -0.1) is 11.3 Å². The Kier molecular flexibility index (Phi) is 6.61. The average Bonchev–Trinajstić information content (AvgIpc) is 3.45. The first-order valence-corrected chi connectivity index (χ1v) is 10.9. The highest BCUT2D eigenvalue weighted by Crippen LogP contribution is 2.29. The molecule has 7 heteroatoms. The molecule has 1 fully saturated rings. The second-order valence-corrected chi connectivity index (χ2v) is 8.03. The van der Waals surface area contributed by atoms with Crippen molar-refractivity contribution < 1.29 is 14.3 Å². The fraction of sp³-hybridized carbons (Fsp3) is 0.304. The highest BCUT2D eigenvalue weighted by Gasteiger charge is 2.24. The number of benzene rings is 2. The Labute approximate surface area is 180 Å². The molecule has 0 saturated carbocycles. The van der Waals surface area contributed by atoms with Gasteiger partial charge in [0.15, 0.2) is 11.5 Å². The van der Waals surface area contributed by atoms with Crippen molar-refractivity contribution in [3.8, 4) is 11.5 Å². The Bertz CT molecular complexity index is 963. The van der Waals surface area contributed by atoms with Gasteiger partial charge < -0.3 is 14.8 Å². The second-order valence-electron chi connectivity index (χ2n) is 7.31. The van der Waals surface area contributed by atoms with Gasteiger partial charge in [0.05, 0.1) is 18.3 Å². The van der Waals surface area contributed by atoms with E-state index in [-0.39, 0.29) is 11.9 Å². The Morgan fingerprint density at radius 2 is 2.10 bits per heavy atom. The number of nitrogens with zero attached hydrogens (tertiary/aromatic N) is 2. The summed E-state index contributed by atoms with van der Waals surface area (Å²) in [6.45, 7) is 3.11. The Hall–Kier alpha value is -2.90. The molecule has 1 aliphatic rings. The van der Waals surface area contributed by atoms with Gasteiger partial charge in [0.25, 0.3) is 5.91 Å². The van der Waals surface area contributed by atoms with Gasteiger partial charge >= 0.3 is 0 Å². The fourth-order valence-electron chi connectivity index (χ4n) is 3.59. The minimum Gasteiger partial charge on any atom is -0.493 e. The summed E-state index contributed by atoms with van der Waals surface area (Å²) in [4.78, 5) is 19.3. The molecule has 0 aliphatic carbocycles. The van der Waals surface area contributed by atoms with Gasteiger partial charge in [-0.2, -0.15) is 0 Å². The van der Waals surface area contributed by atoms with Gasteiger partial charge in [-0.05, 0) is 30.2 Å². The van der Waals surface area contributed by atoms with Crippen LogP contribution >= 0.6 is 11.3 Å². The highest BCUT2D eigenvalue weighted by molar-refractivity contribution is 7.07. The molecule has 3 aromatic rings. The number of ether oxygens (including phenoxy) is 2. The largest absolute Gasteiger partial charge is 0.493 e. The van der Waals surface area contributed by atoms with Crippen LogP contribution in [-0.4, -0.2) is 42.0 Å². The lowest BCUT2D eigenvalue weighted by molar-refractivity contribution is 0.0937. The van der Waals surface area contributed by atoms with Gasteiger partial charge in [-0.1, -0.05) is 30.3 Å². The Balaban J connectivity index is 1.33. The van der Waals surface area contributed by atoms with Crippen LogP contribution in [-0.2, 0) is 13.2 Å². The van der Waals surface area contributed by atoms with Crippen molar-refractivity contribution in [3.63, 3.8) is 0 Å². The van der Waals surface area contributed by atoms with E-state index in [9.17, 15) is 4.79 Å². The lowest BCUT2D eigenvalue weighted by atomic mass is 10.1. The van der Waals surface area contributed by atoms with Crippen LogP contribution in [0.25, 0.3) is 0 Å². The van der Waals surface area contributed by atoms with E-state index in [1.807, 2.05) is 11.4 Å². The molecule has 30 heavy (non-hydrogen) atoms. The maximum atomic E-state index is 12.8. The molecular weight excluding hydrogens is 398 g/mol. The van der Waals surface area contributed by atoms with Crippen LogP contribution in [0.4, 0.5) is 0 Å². The van der Waals surface area contributed by atoms with Crippen LogP contribution in [0.3, 0.4) is 0 Å². The number of amides is 1. The molecule has 2 heterocycles. The number of likely N-dealkylation sites (tertiary alicyclic amines) is 1. The SMILES string of the molecule is COc1cc(C(=O)NC2CCN(Cc3ccccc3)C2)ccc1OCc1cscn1. The number of hydrogen-bond acceptors (Lipinski definition) is 6. The summed E-state index contributed by atoms with van der Waals surface area (Å²) < 4.78 is 11.2. The molecule has 0 bridgehead atoms. The van der Waals surface area contributed by atoms with Crippen LogP contribution in [0.1, 0.15) is 28.0 Å². The minimum atomic E-state index is -0.0917. The third-order valence-electron chi connectivity index (χ3n) is 5.14. The topological polar surface area (TPSA) is 63.7 Å². The quantitative estimate of drug-likeness (QED) is 0.598. The molecule has 6 nitrogen and oxygen atoms in total. The molecular formula is C23H25N3O3S. The van der Waals surface area contributed by atoms with E-state index in [2.05, 4.69) is 39.5 Å². The molecule has 156 valence electrons. The summed E-state index contributed by atoms with van der Waals surface area (Å²) in [6, 6.07) is 15.8. The number of carbonyl (C=O) groups excluding carboxylic acids is 1. The van der Waals surface area contributed by atoms with E-state index in [1.54, 1.807) is 30.8 Å². The second kappa shape index (κ2) is 9.73. The molecule has 1 unspecified atom stereocenters. The van der Waals surface area contributed by atoms with Crippen LogP contribution in [0.15, 0.2) is 59.4 Å². The third-order valence-corrected chi connectivity index (χ3v) is 5.78. The number of methoxy groups -OCH3 is 1. The van der Waals surface area contributed by atoms with Crippen LogP contribution in [0.2, 0.25) is 0 Å². The van der Waals surface area contributed by atoms with Crippen LogP contribution in [0, 0.1) is 0 Å². The molecule has 1 aromatic heterocycles. The Morgan fingerprint density at radius 3 is 2.87 bits per heavy atom. The van der Waals surface area contributed by atoms with Crippen molar-refractivity contribution in [2.75, 3.05) is 20.2 Å². The minimum absolute atomic E-state index is 0.0917. The summed E-state index contributed by atoms with van der Waals surface area (Å²) in [5, 5.41) is 5.09. The van der Waals surface area contributed by atoms with Gasteiger partial charge in [0.2, 0.25) is 0 Å². The predicted molar refractivity (Wildman–Crippen MR) is 117 cm³/mol. The average molecular weight is 424 g/mol. The van der Waals surface area contributed by atoms with E-state index in [0.717, 1.165) is 31.7 Å². The first-order valence-electron chi connectivity index (χ1n) is 9.96. The predicted octanol–water partition coefficient (Wildman–Crippen LogP) is 3.74. The summed E-state index contributed by atoms with van der Waals surface area (Å²) in [5.41, 5.74) is 4.50. The molecule has 1 N–H and O–H groups in total. The maximum Gasteiger partial charge on any atom is 0.251 e. The van der Waals surface area contributed by atoms with Crippen molar-refractivity contribution in [3.05, 3.63) is 76.2 Å². The molecule has 0 spiro atoms. The summed E-state index contributed by atoms with van der Waals surface area (Å²) in [6.07, 6.45) is 0.949. The lowest BCUT2D eigenvalue weighted by Crippen LogP contribution is -2.37. The van der Waals surface area contributed by atoms with E-state index in [0.29, 0.717) is 23.7 Å². The number of thiazole rings is 1. The number of aromatic nitrogens is 1. The van der Waals surface area contributed by atoms with Gasteiger partial charge in [0.1, 0.15) is 6.61 Å². The maximum absolute atomic E-state index is 12.8. The van der Waals surface area contributed by atoms with Gasteiger partial charge in [-0.3, -0.25) is 9.69 Å². The summed E-state index contributed by atoms with van der Waals surface area (Å²) in [5.74, 6) is 1.04. The van der Waals surface area contributed by atoms with Crippen LogP contribution in [0.5, 0.6) is 11.5 Å². The van der Waals surface area contributed by atoms with Crippen molar-refractivity contribution in [2.45, 2.75) is 25.6 Å². The normalized spacial score (nSPS) is 16.4. The lowest BCUT2D eigenvalue weighted by Gasteiger charge is -2.17. The zero-order valence-corrected chi connectivity index (χ0v) is 17.7. The number of carbonyl (C=O) groups is 1. The number of hydrogen-bond donors (Lipinski definition) is 1. The monoisotopic (exact) mass is 423 g/mol. The van der Waals surface area contributed by atoms with E-state index in [1.165, 1.54) is 16.9 Å². The Morgan fingerprint density at radius 1 is 1.23 bits per heavy atom. The fourth-order valence-corrected chi connectivity index (χ4v) is 4.14.